The van der Waals surface area contributed by atoms with Crippen molar-refractivity contribution in [1.82, 2.24) is 10.3 Å². The second-order valence-electron chi connectivity index (χ2n) is 8.66. The molecule has 2 rings (SSSR count). The Hall–Kier alpha value is -3.36. The maximum atomic E-state index is 13.7. The third-order valence-corrected chi connectivity index (χ3v) is 5.88. The highest BCUT2D eigenvalue weighted by molar-refractivity contribution is 5.98. The number of ether oxygens (including phenoxy) is 3. The second kappa shape index (κ2) is 12.9. The van der Waals surface area contributed by atoms with E-state index in [0.29, 0.717) is 5.75 Å². The summed E-state index contributed by atoms with van der Waals surface area (Å²) < 4.78 is 30.5. The van der Waals surface area contributed by atoms with Gasteiger partial charge in [-0.25, -0.2) is 14.2 Å². The average Bonchev–Trinajstić information content (AvgIpc) is 2.82. The Balaban J connectivity index is 2.20. The lowest BCUT2D eigenvalue weighted by molar-refractivity contribution is -0.158. The number of pyridine rings is 1. The van der Waals surface area contributed by atoms with Crippen LogP contribution in [0, 0.1) is 17.7 Å². The van der Waals surface area contributed by atoms with Gasteiger partial charge in [-0.05, 0) is 43.7 Å². The molecule has 1 amide bonds. The van der Waals surface area contributed by atoms with Crippen LogP contribution in [0.3, 0.4) is 0 Å². The number of hydrogen-bond donors (Lipinski definition) is 2. The molecule has 8 nitrogen and oxygen atoms in total. The smallest absolute Gasteiger partial charge is 0.329 e. The van der Waals surface area contributed by atoms with Crippen LogP contribution in [0.25, 0.3) is 0 Å². The van der Waals surface area contributed by atoms with Crippen LogP contribution in [-0.4, -0.2) is 47.3 Å². The average molecular weight is 491 g/mol. The molecule has 3 atom stereocenters. The molecule has 0 saturated heterocycles. The number of carbonyl (C=O) groups excluding carboxylic acids is 2. The van der Waals surface area contributed by atoms with Gasteiger partial charge in [0.15, 0.2) is 17.2 Å². The summed E-state index contributed by atoms with van der Waals surface area (Å²) in [7, 11) is 1.36. The fourth-order valence-corrected chi connectivity index (χ4v) is 3.82. The van der Waals surface area contributed by atoms with Crippen LogP contribution < -0.4 is 14.8 Å². The van der Waals surface area contributed by atoms with Crippen molar-refractivity contribution in [1.29, 1.82) is 0 Å². The molecule has 0 unspecified atom stereocenters. The molecule has 1 heterocycles. The van der Waals surface area contributed by atoms with E-state index < -0.39 is 41.7 Å². The molecule has 0 aliphatic heterocycles. The van der Waals surface area contributed by atoms with Gasteiger partial charge in [-0.15, -0.1) is 0 Å². The number of nitrogens with one attached hydrogen (secondary N) is 1. The molecular formula is C26H35FN2O6. The number of nitrogens with zero attached hydrogens (tertiary/aromatic N) is 1. The summed E-state index contributed by atoms with van der Waals surface area (Å²) >= 11 is 0. The SMILES string of the molecule is CCC(CC)[C@@H](Oc1cccc(F)c1)[C@H](C)OC(=O)[C@@H](NC(=O)c1nccc(OC)c1O)C(C)C. The first-order chi connectivity index (χ1) is 16.6. The number of aromatic nitrogens is 1. The summed E-state index contributed by atoms with van der Waals surface area (Å²) in [5.74, 6) is -2.07. The summed E-state index contributed by atoms with van der Waals surface area (Å²) in [6, 6.07) is 6.23. The van der Waals surface area contributed by atoms with Crippen LogP contribution in [0.5, 0.6) is 17.2 Å². The Labute approximate surface area is 205 Å². The molecule has 35 heavy (non-hydrogen) atoms. The molecule has 2 aromatic rings. The standard InChI is InChI=1S/C26H35FN2O6/c1-7-17(8-2)24(35-19-11-9-10-18(27)14-19)16(5)34-26(32)21(15(3)4)29-25(31)22-23(30)20(33-6)12-13-28-22/h9-17,21,24,30H,7-8H2,1-6H3,(H,29,31)/t16-,21-,24-/m0/s1. The van der Waals surface area contributed by atoms with E-state index in [2.05, 4.69) is 10.3 Å². The first-order valence-electron chi connectivity index (χ1n) is 11.8. The molecule has 192 valence electrons. The first-order valence-corrected chi connectivity index (χ1v) is 11.8. The second-order valence-corrected chi connectivity index (χ2v) is 8.66. The van der Waals surface area contributed by atoms with Crippen LogP contribution in [0.1, 0.15) is 57.9 Å². The Kier molecular flexibility index (Phi) is 10.3. The van der Waals surface area contributed by atoms with E-state index in [9.17, 15) is 19.1 Å². The molecule has 0 aliphatic rings. The van der Waals surface area contributed by atoms with Crippen LogP contribution in [0.15, 0.2) is 36.5 Å². The van der Waals surface area contributed by atoms with E-state index in [1.165, 1.54) is 31.5 Å². The van der Waals surface area contributed by atoms with Gasteiger partial charge in [0.1, 0.15) is 29.8 Å². The number of rotatable bonds is 12. The molecule has 9 heteroatoms. The van der Waals surface area contributed by atoms with Crippen molar-refractivity contribution in [2.24, 2.45) is 11.8 Å². The van der Waals surface area contributed by atoms with E-state index in [1.807, 2.05) is 13.8 Å². The summed E-state index contributed by atoms with van der Waals surface area (Å²) in [6.07, 6.45) is 1.65. The van der Waals surface area contributed by atoms with E-state index in [-0.39, 0.29) is 23.3 Å². The summed E-state index contributed by atoms with van der Waals surface area (Å²) in [5, 5.41) is 12.8. The van der Waals surface area contributed by atoms with Crippen molar-refractivity contribution in [3.05, 3.63) is 48.0 Å². The normalized spacial score (nSPS) is 13.7. The Bertz CT molecular complexity index is 996. The van der Waals surface area contributed by atoms with Crippen molar-refractivity contribution in [3.8, 4) is 17.2 Å². The van der Waals surface area contributed by atoms with Crippen molar-refractivity contribution >= 4 is 11.9 Å². The third kappa shape index (κ3) is 7.31. The lowest BCUT2D eigenvalue weighted by atomic mass is 9.93. The van der Waals surface area contributed by atoms with Crippen LogP contribution in [0.2, 0.25) is 0 Å². The third-order valence-electron chi connectivity index (χ3n) is 5.88. The van der Waals surface area contributed by atoms with E-state index in [1.54, 1.807) is 32.9 Å². The van der Waals surface area contributed by atoms with Crippen molar-refractivity contribution in [2.75, 3.05) is 7.11 Å². The molecule has 1 aromatic heterocycles. The molecule has 0 bridgehead atoms. The fourth-order valence-electron chi connectivity index (χ4n) is 3.82. The minimum absolute atomic E-state index is 0.0473. The van der Waals surface area contributed by atoms with E-state index >= 15 is 0 Å². The Morgan fingerprint density at radius 1 is 1.14 bits per heavy atom. The Morgan fingerprint density at radius 3 is 2.40 bits per heavy atom. The number of aromatic hydroxyl groups is 1. The molecular weight excluding hydrogens is 455 g/mol. The van der Waals surface area contributed by atoms with Crippen molar-refractivity contribution in [2.45, 2.75) is 65.7 Å². The number of hydrogen-bond acceptors (Lipinski definition) is 7. The van der Waals surface area contributed by atoms with Crippen molar-refractivity contribution < 1.29 is 33.3 Å². The summed E-state index contributed by atoms with van der Waals surface area (Å²) in [4.78, 5) is 29.8. The molecule has 0 saturated carbocycles. The number of benzene rings is 1. The van der Waals surface area contributed by atoms with Gasteiger partial charge in [0.25, 0.3) is 5.91 Å². The number of carbonyl (C=O) groups is 2. The highest BCUT2D eigenvalue weighted by Crippen LogP contribution is 2.28. The zero-order chi connectivity index (χ0) is 26.1. The lowest BCUT2D eigenvalue weighted by Gasteiger charge is -2.32. The quantitative estimate of drug-likeness (QED) is 0.422. The van der Waals surface area contributed by atoms with Crippen LogP contribution in [-0.2, 0) is 9.53 Å². The zero-order valence-electron chi connectivity index (χ0n) is 21.1. The van der Waals surface area contributed by atoms with Gasteiger partial charge in [0.05, 0.1) is 7.11 Å². The topological polar surface area (TPSA) is 107 Å². The van der Waals surface area contributed by atoms with Gasteiger partial charge in [-0.3, -0.25) is 4.79 Å². The predicted molar refractivity (Wildman–Crippen MR) is 129 cm³/mol. The van der Waals surface area contributed by atoms with Gasteiger partial charge in [0.2, 0.25) is 0 Å². The molecule has 0 radical (unpaired) electrons. The number of halogens is 1. The minimum Gasteiger partial charge on any atom is -0.503 e. The molecule has 0 aliphatic carbocycles. The largest absolute Gasteiger partial charge is 0.503 e. The van der Waals surface area contributed by atoms with Gasteiger partial charge in [-0.1, -0.05) is 33.8 Å². The molecule has 1 aromatic carbocycles. The first kappa shape index (κ1) is 27.9. The summed E-state index contributed by atoms with van der Waals surface area (Å²) in [5.41, 5.74) is -0.264. The molecule has 0 spiro atoms. The van der Waals surface area contributed by atoms with Crippen LogP contribution in [0.4, 0.5) is 4.39 Å². The van der Waals surface area contributed by atoms with E-state index in [0.717, 1.165) is 12.8 Å². The number of methoxy groups -OCH3 is 1. The van der Waals surface area contributed by atoms with Gasteiger partial charge in [0, 0.05) is 18.3 Å². The predicted octanol–water partition coefficient (Wildman–Crippen LogP) is 4.50. The van der Waals surface area contributed by atoms with Gasteiger partial charge >= 0.3 is 5.97 Å². The number of esters is 1. The maximum Gasteiger partial charge on any atom is 0.329 e. The lowest BCUT2D eigenvalue weighted by Crippen LogP contribution is -2.48. The highest BCUT2D eigenvalue weighted by atomic mass is 19.1. The minimum atomic E-state index is -1.01. The van der Waals surface area contributed by atoms with Crippen molar-refractivity contribution in [3.63, 3.8) is 0 Å². The van der Waals surface area contributed by atoms with E-state index in [4.69, 9.17) is 14.2 Å². The van der Waals surface area contributed by atoms with Gasteiger partial charge < -0.3 is 24.6 Å². The monoisotopic (exact) mass is 490 g/mol. The summed E-state index contributed by atoms with van der Waals surface area (Å²) in [6.45, 7) is 9.26. The zero-order valence-corrected chi connectivity index (χ0v) is 21.1. The molecule has 0 fully saturated rings. The highest BCUT2D eigenvalue weighted by Gasteiger charge is 2.34. The number of amides is 1. The van der Waals surface area contributed by atoms with Crippen LogP contribution >= 0.6 is 0 Å². The fraction of sp³-hybridized carbons (Fsp3) is 0.500. The maximum absolute atomic E-state index is 13.7. The van der Waals surface area contributed by atoms with Gasteiger partial charge in [-0.2, -0.15) is 0 Å². The Morgan fingerprint density at radius 2 is 1.83 bits per heavy atom. The molecule has 2 N–H and O–H groups in total.